The molecule has 0 radical (unpaired) electrons. The molecular weight excluding hydrogens is 268 g/mol. The van der Waals surface area contributed by atoms with Crippen molar-refractivity contribution in [1.29, 1.82) is 0 Å². The van der Waals surface area contributed by atoms with Gasteiger partial charge < -0.3 is 4.74 Å². The van der Waals surface area contributed by atoms with Crippen LogP contribution in [0.1, 0.15) is 11.3 Å². The maximum atomic E-state index is 5.62. The number of aryl methyl sites for hydroxylation is 2. The second-order valence-electron chi connectivity index (χ2n) is 3.49. The van der Waals surface area contributed by atoms with Crippen LogP contribution in [0.15, 0.2) is 34.9 Å². The van der Waals surface area contributed by atoms with Crippen LogP contribution < -0.4 is 4.74 Å². The van der Waals surface area contributed by atoms with Gasteiger partial charge in [0.15, 0.2) is 0 Å². The Hall–Kier alpha value is -1.42. The first-order valence-corrected chi connectivity index (χ1v) is 5.68. The fourth-order valence-electron chi connectivity index (χ4n) is 1.26. The monoisotopic (exact) mass is 278 g/mol. The highest BCUT2D eigenvalue weighted by atomic mass is 79.9. The van der Waals surface area contributed by atoms with Gasteiger partial charge in [0.1, 0.15) is 5.75 Å². The van der Waals surface area contributed by atoms with Gasteiger partial charge in [-0.15, -0.1) is 0 Å². The van der Waals surface area contributed by atoms with E-state index in [1.165, 1.54) is 0 Å². The zero-order valence-electron chi connectivity index (χ0n) is 9.07. The second kappa shape index (κ2) is 4.61. The standard InChI is InChI=1S/C12H11BrN2O/c1-8-3-4-10(13)7-11(8)16-12-14-6-5-9(2)15-12/h3-7H,1-2H3. The molecule has 2 aromatic rings. The van der Waals surface area contributed by atoms with Crippen LogP contribution in [0.5, 0.6) is 11.8 Å². The van der Waals surface area contributed by atoms with Crippen LogP contribution in [0, 0.1) is 13.8 Å². The summed E-state index contributed by atoms with van der Waals surface area (Å²) in [7, 11) is 0. The number of nitrogens with zero attached hydrogens (tertiary/aromatic N) is 2. The Morgan fingerprint density at radius 2 is 2.00 bits per heavy atom. The lowest BCUT2D eigenvalue weighted by Crippen LogP contribution is -1.94. The summed E-state index contributed by atoms with van der Waals surface area (Å²) in [6.07, 6.45) is 1.69. The lowest BCUT2D eigenvalue weighted by atomic mass is 10.2. The first kappa shape index (κ1) is 11.1. The molecule has 1 aromatic heterocycles. The molecule has 0 aliphatic carbocycles. The topological polar surface area (TPSA) is 35.0 Å². The molecule has 0 saturated heterocycles. The Kier molecular flexibility index (Phi) is 3.19. The summed E-state index contributed by atoms with van der Waals surface area (Å²) in [4.78, 5) is 8.25. The molecule has 1 aromatic carbocycles. The van der Waals surface area contributed by atoms with E-state index in [4.69, 9.17) is 4.74 Å². The Bertz CT molecular complexity index is 514. The molecule has 82 valence electrons. The third-order valence-electron chi connectivity index (χ3n) is 2.12. The SMILES string of the molecule is Cc1ccnc(Oc2cc(Br)ccc2C)n1. The van der Waals surface area contributed by atoms with Crippen LogP contribution in [0.4, 0.5) is 0 Å². The van der Waals surface area contributed by atoms with E-state index in [1.54, 1.807) is 6.20 Å². The lowest BCUT2D eigenvalue weighted by Gasteiger charge is -2.07. The minimum Gasteiger partial charge on any atom is -0.424 e. The average molecular weight is 279 g/mol. The molecule has 4 heteroatoms. The molecule has 0 aliphatic heterocycles. The van der Waals surface area contributed by atoms with E-state index in [0.29, 0.717) is 6.01 Å². The summed E-state index contributed by atoms with van der Waals surface area (Å²) in [5.74, 6) is 0.764. The molecule has 0 N–H and O–H groups in total. The van der Waals surface area contributed by atoms with Gasteiger partial charge in [-0.1, -0.05) is 22.0 Å². The van der Waals surface area contributed by atoms with Crippen molar-refractivity contribution in [2.45, 2.75) is 13.8 Å². The molecule has 2 rings (SSSR count). The Labute approximate surface area is 103 Å². The zero-order chi connectivity index (χ0) is 11.5. The number of ether oxygens (including phenoxy) is 1. The van der Waals surface area contributed by atoms with Gasteiger partial charge in [-0.25, -0.2) is 9.97 Å². The quantitative estimate of drug-likeness (QED) is 0.841. The summed E-state index contributed by atoms with van der Waals surface area (Å²) in [6, 6.07) is 8.07. The van der Waals surface area contributed by atoms with Gasteiger partial charge in [0, 0.05) is 16.4 Å². The second-order valence-corrected chi connectivity index (χ2v) is 4.41. The maximum absolute atomic E-state index is 5.62. The van der Waals surface area contributed by atoms with Crippen LogP contribution in [-0.2, 0) is 0 Å². The third kappa shape index (κ3) is 2.58. The molecule has 3 nitrogen and oxygen atoms in total. The molecule has 0 amide bonds. The summed E-state index contributed by atoms with van der Waals surface area (Å²) < 4.78 is 6.59. The molecule has 0 bridgehead atoms. The van der Waals surface area contributed by atoms with E-state index in [1.807, 2.05) is 38.1 Å². The summed E-state index contributed by atoms with van der Waals surface area (Å²) in [5, 5.41) is 0. The molecule has 0 fully saturated rings. The van der Waals surface area contributed by atoms with E-state index in [2.05, 4.69) is 25.9 Å². The van der Waals surface area contributed by atoms with Crippen molar-refractivity contribution < 1.29 is 4.74 Å². The van der Waals surface area contributed by atoms with Crippen molar-refractivity contribution in [3.05, 3.63) is 46.2 Å². The summed E-state index contributed by atoms with van der Waals surface area (Å²) in [5.41, 5.74) is 1.94. The number of aromatic nitrogens is 2. The highest BCUT2D eigenvalue weighted by Crippen LogP contribution is 2.26. The van der Waals surface area contributed by atoms with E-state index in [9.17, 15) is 0 Å². The van der Waals surface area contributed by atoms with Gasteiger partial charge >= 0.3 is 6.01 Å². The van der Waals surface area contributed by atoms with E-state index < -0.39 is 0 Å². The number of rotatable bonds is 2. The van der Waals surface area contributed by atoms with Crippen LogP contribution in [-0.4, -0.2) is 9.97 Å². The average Bonchev–Trinajstić information content (AvgIpc) is 2.24. The van der Waals surface area contributed by atoms with Crippen LogP contribution in [0.2, 0.25) is 0 Å². The number of halogens is 1. The van der Waals surface area contributed by atoms with Gasteiger partial charge in [-0.3, -0.25) is 0 Å². The van der Waals surface area contributed by atoms with E-state index >= 15 is 0 Å². The molecule has 0 aliphatic rings. The molecule has 0 atom stereocenters. The van der Waals surface area contributed by atoms with Crippen molar-refractivity contribution in [2.75, 3.05) is 0 Å². The van der Waals surface area contributed by atoms with Gasteiger partial charge in [0.05, 0.1) is 0 Å². The van der Waals surface area contributed by atoms with Crippen molar-refractivity contribution in [1.82, 2.24) is 9.97 Å². The Morgan fingerprint density at radius 1 is 1.19 bits per heavy atom. The molecular formula is C12H11BrN2O. The van der Waals surface area contributed by atoms with Gasteiger partial charge in [0.2, 0.25) is 0 Å². The van der Waals surface area contributed by atoms with Crippen molar-refractivity contribution in [2.24, 2.45) is 0 Å². The van der Waals surface area contributed by atoms with Crippen LogP contribution >= 0.6 is 15.9 Å². The summed E-state index contributed by atoms with van der Waals surface area (Å²) >= 11 is 3.40. The first-order valence-electron chi connectivity index (χ1n) is 4.89. The van der Waals surface area contributed by atoms with Crippen molar-refractivity contribution in [3.63, 3.8) is 0 Å². The van der Waals surface area contributed by atoms with Crippen molar-refractivity contribution in [3.8, 4) is 11.8 Å². The number of hydrogen-bond donors (Lipinski definition) is 0. The fourth-order valence-corrected chi connectivity index (χ4v) is 1.60. The van der Waals surface area contributed by atoms with Crippen molar-refractivity contribution >= 4 is 15.9 Å². The van der Waals surface area contributed by atoms with Crippen LogP contribution in [0.25, 0.3) is 0 Å². The fraction of sp³-hybridized carbons (Fsp3) is 0.167. The lowest BCUT2D eigenvalue weighted by molar-refractivity contribution is 0.437. The number of benzene rings is 1. The minimum absolute atomic E-state index is 0.376. The highest BCUT2D eigenvalue weighted by molar-refractivity contribution is 9.10. The predicted molar refractivity (Wildman–Crippen MR) is 65.7 cm³/mol. The molecule has 16 heavy (non-hydrogen) atoms. The third-order valence-corrected chi connectivity index (χ3v) is 2.62. The maximum Gasteiger partial charge on any atom is 0.322 e. The van der Waals surface area contributed by atoms with Gasteiger partial charge in [-0.05, 0) is 37.6 Å². The summed E-state index contributed by atoms with van der Waals surface area (Å²) in [6.45, 7) is 3.89. The highest BCUT2D eigenvalue weighted by Gasteiger charge is 2.04. The molecule has 0 unspecified atom stereocenters. The van der Waals surface area contributed by atoms with Crippen LogP contribution in [0.3, 0.4) is 0 Å². The molecule has 1 heterocycles. The largest absolute Gasteiger partial charge is 0.424 e. The van der Waals surface area contributed by atoms with E-state index in [0.717, 1.165) is 21.5 Å². The minimum atomic E-state index is 0.376. The van der Waals surface area contributed by atoms with Gasteiger partial charge in [0.25, 0.3) is 0 Å². The first-order chi connectivity index (χ1) is 7.65. The smallest absolute Gasteiger partial charge is 0.322 e. The predicted octanol–water partition coefficient (Wildman–Crippen LogP) is 3.65. The number of hydrogen-bond acceptors (Lipinski definition) is 3. The van der Waals surface area contributed by atoms with Gasteiger partial charge in [-0.2, -0.15) is 0 Å². The zero-order valence-corrected chi connectivity index (χ0v) is 10.7. The Morgan fingerprint density at radius 3 is 2.75 bits per heavy atom. The normalized spacial score (nSPS) is 10.2. The molecule has 0 spiro atoms. The Balaban J connectivity index is 2.30. The molecule has 0 saturated carbocycles. The van der Waals surface area contributed by atoms with E-state index in [-0.39, 0.29) is 0 Å².